The number of hydrogen-bond donors (Lipinski definition) is 1. The van der Waals surface area contributed by atoms with E-state index in [1.54, 1.807) is 18.2 Å². The van der Waals surface area contributed by atoms with Crippen LogP contribution in [0, 0.1) is 0 Å². The van der Waals surface area contributed by atoms with Crippen molar-refractivity contribution in [1.29, 1.82) is 0 Å². The molecule has 0 aliphatic carbocycles. The van der Waals surface area contributed by atoms with Crippen molar-refractivity contribution in [2.24, 2.45) is 0 Å². The van der Waals surface area contributed by atoms with Crippen molar-refractivity contribution in [3.63, 3.8) is 0 Å². The van der Waals surface area contributed by atoms with Crippen molar-refractivity contribution in [2.45, 2.75) is 4.90 Å². The van der Waals surface area contributed by atoms with Gasteiger partial charge in [-0.2, -0.15) is 0 Å². The molecule has 1 N–H and O–H groups in total. The van der Waals surface area contributed by atoms with Gasteiger partial charge in [0.05, 0.1) is 5.52 Å². The van der Waals surface area contributed by atoms with Gasteiger partial charge >= 0.3 is 5.97 Å². The number of carbonyl (C=O) groups is 1. The number of fused-ring (bicyclic) bond motifs is 2. The first-order valence-corrected chi connectivity index (χ1v) is 7.88. The summed E-state index contributed by atoms with van der Waals surface area (Å²) in [6, 6.07) is 4.93. The molecular weight excluding hydrogens is 300 g/mol. The van der Waals surface area contributed by atoms with Gasteiger partial charge in [-0.05, 0) is 23.3 Å². The highest BCUT2D eigenvalue weighted by molar-refractivity contribution is 7.91. The first kappa shape index (κ1) is 13.1. The molecule has 2 heterocycles. The Bertz CT molecular complexity index is 897. The van der Waals surface area contributed by atoms with Crippen LogP contribution in [0.4, 0.5) is 0 Å². The Morgan fingerprint density at radius 3 is 2.90 bits per heavy atom. The number of nitrogens with zero attached hydrogens (tertiary/aromatic N) is 2. The second kappa shape index (κ2) is 4.58. The standard InChI is InChI=1S/C12H8N2O4S2/c1-20(18)8-4-2-3-6-9(8)10(15)14-5-7(11(16)17)19-12(14)13-6/h2-5H,1H3,(H,16,17). The van der Waals surface area contributed by atoms with Gasteiger partial charge in [-0.15, -0.1) is 0 Å². The molecule has 102 valence electrons. The highest BCUT2D eigenvalue weighted by atomic mass is 32.2. The summed E-state index contributed by atoms with van der Waals surface area (Å²) in [4.78, 5) is 28.4. The van der Waals surface area contributed by atoms with Crippen molar-refractivity contribution in [1.82, 2.24) is 9.38 Å². The zero-order valence-electron chi connectivity index (χ0n) is 10.2. The summed E-state index contributed by atoms with van der Waals surface area (Å²) in [5.74, 6) is -1.11. The Kier molecular flexibility index (Phi) is 3.00. The third kappa shape index (κ3) is 1.89. The quantitative estimate of drug-likeness (QED) is 0.721. The predicted molar refractivity (Wildman–Crippen MR) is 76.1 cm³/mol. The van der Waals surface area contributed by atoms with Crippen LogP contribution >= 0.6 is 11.3 Å². The van der Waals surface area contributed by atoms with Crippen LogP contribution in [0.25, 0.3) is 15.9 Å². The minimum absolute atomic E-state index is 0.0316. The van der Waals surface area contributed by atoms with E-state index in [4.69, 9.17) is 5.11 Å². The first-order valence-electron chi connectivity index (χ1n) is 5.50. The van der Waals surface area contributed by atoms with E-state index in [0.717, 1.165) is 11.3 Å². The van der Waals surface area contributed by atoms with Crippen LogP contribution in [-0.4, -0.2) is 31.3 Å². The Balaban J connectivity index is 2.48. The molecule has 2 aromatic heterocycles. The monoisotopic (exact) mass is 308 g/mol. The summed E-state index contributed by atoms with van der Waals surface area (Å²) in [5.41, 5.74) is 0.0149. The number of rotatable bonds is 2. The molecule has 0 aliphatic heterocycles. The lowest BCUT2D eigenvalue weighted by molar-refractivity contribution is 0.0701. The zero-order chi connectivity index (χ0) is 14.4. The molecule has 0 saturated carbocycles. The molecule has 0 amide bonds. The van der Waals surface area contributed by atoms with Gasteiger partial charge in [0.2, 0.25) is 0 Å². The van der Waals surface area contributed by atoms with E-state index in [2.05, 4.69) is 4.98 Å². The molecule has 1 unspecified atom stereocenters. The van der Waals surface area contributed by atoms with Gasteiger partial charge < -0.3 is 9.66 Å². The largest absolute Gasteiger partial charge is 0.612 e. The number of aromatic carboxylic acids is 1. The predicted octanol–water partition coefficient (Wildman–Crippen LogP) is 1.34. The number of carboxylic acid groups (broad SMARTS) is 1. The number of benzene rings is 1. The van der Waals surface area contributed by atoms with E-state index in [9.17, 15) is 14.1 Å². The SMILES string of the molecule is C[S+]([O-])c1cccc2nc3sc(C(=O)O)cn3c(=O)c12. The minimum atomic E-state index is -1.32. The number of aromatic nitrogens is 2. The third-order valence-corrected chi connectivity index (χ3v) is 4.76. The fourth-order valence-electron chi connectivity index (χ4n) is 1.96. The van der Waals surface area contributed by atoms with E-state index in [0.29, 0.717) is 15.4 Å². The van der Waals surface area contributed by atoms with Crippen LogP contribution in [-0.2, 0) is 11.2 Å². The van der Waals surface area contributed by atoms with Gasteiger partial charge in [-0.1, -0.05) is 17.4 Å². The molecule has 1 atom stereocenters. The fourth-order valence-corrected chi connectivity index (χ4v) is 3.53. The van der Waals surface area contributed by atoms with Crippen LogP contribution in [0.15, 0.2) is 34.1 Å². The van der Waals surface area contributed by atoms with Crippen molar-refractivity contribution in [3.05, 3.63) is 39.6 Å². The summed E-state index contributed by atoms with van der Waals surface area (Å²) in [7, 11) is 0. The molecule has 0 saturated heterocycles. The van der Waals surface area contributed by atoms with Crippen molar-refractivity contribution in [2.75, 3.05) is 6.26 Å². The minimum Gasteiger partial charge on any atom is -0.612 e. The lowest BCUT2D eigenvalue weighted by atomic mass is 10.2. The van der Waals surface area contributed by atoms with E-state index in [1.165, 1.54) is 16.9 Å². The Morgan fingerprint density at radius 2 is 2.25 bits per heavy atom. The number of carboxylic acids is 1. The van der Waals surface area contributed by atoms with Gasteiger partial charge in [0.15, 0.2) is 9.86 Å². The summed E-state index contributed by atoms with van der Waals surface area (Å²) in [6.07, 6.45) is 2.73. The molecule has 0 spiro atoms. The molecule has 8 heteroatoms. The molecule has 0 radical (unpaired) electrons. The molecule has 0 fully saturated rings. The normalized spacial score (nSPS) is 12.9. The lowest BCUT2D eigenvalue weighted by Gasteiger charge is -2.06. The summed E-state index contributed by atoms with van der Waals surface area (Å²) in [6.45, 7) is 0. The highest BCUT2D eigenvalue weighted by Crippen LogP contribution is 2.22. The average molecular weight is 308 g/mol. The summed E-state index contributed by atoms with van der Waals surface area (Å²) >= 11 is -0.400. The van der Waals surface area contributed by atoms with E-state index < -0.39 is 22.7 Å². The summed E-state index contributed by atoms with van der Waals surface area (Å²) < 4.78 is 12.9. The van der Waals surface area contributed by atoms with Crippen molar-refractivity contribution in [3.8, 4) is 0 Å². The maximum Gasteiger partial charge on any atom is 0.347 e. The Hall–Kier alpha value is -1.90. The molecule has 20 heavy (non-hydrogen) atoms. The molecule has 3 aromatic rings. The maximum absolute atomic E-state index is 12.5. The van der Waals surface area contributed by atoms with E-state index in [-0.39, 0.29) is 10.3 Å². The Morgan fingerprint density at radius 1 is 1.50 bits per heavy atom. The fraction of sp³-hybridized carbons (Fsp3) is 0.0833. The molecule has 0 aliphatic rings. The molecule has 0 bridgehead atoms. The van der Waals surface area contributed by atoms with Gasteiger partial charge in [-0.25, -0.2) is 9.78 Å². The van der Waals surface area contributed by atoms with Gasteiger partial charge in [0, 0.05) is 6.20 Å². The third-order valence-electron chi connectivity index (χ3n) is 2.83. The maximum atomic E-state index is 12.5. The highest BCUT2D eigenvalue weighted by Gasteiger charge is 2.18. The second-order valence-electron chi connectivity index (χ2n) is 4.07. The smallest absolute Gasteiger partial charge is 0.347 e. The van der Waals surface area contributed by atoms with Gasteiger partial charge in [0.25, 0.3) is 5.56 Å². The van der Waals surface area contributed by atoms with Gasteiger partial charge in [-0.3, -0.25) is 9.20 Å². The summed E-state index contributed by atoms with van der Waals surface area (Å²) in [5, 5.41) is 9.24. The Labute approximate surface area is 119 Å². The van der Waals surface area contributed by atoms with E-state index in [1.807, 2.05) is 0 Å². The number of hydrogen-bond acceptors (Lipinski definition) is 5. The molecular formula is C12H8N2O4S2. The van der Waals surface area contributed by atoms with Crippen LogP contribution in [0.2, 0.25) is 0 Å². The van der Waals surface area contributed by atoms with Crippen molar-refractivity contribution >= 4 is 44.3 Å². The number of thiazole rings is 1. The molecule has 3 rings (SSSR count). The molecule has 1 aromatic carbocycles. The zero-order valence-corrected chi connectivity index (χ0v) is 11.8. The van der Waals surface area contributed by atoms with Gasteiger partial charge in [0.1, 0.15) is 16.5 Å². The van der Waals surface area contributed by atoms with E-state index >= 15 is 0 Å². The van der Waals surface area contributed by atoms with Crippen LogP contribution in [0.3, 0.4) is 0 Å². The second-order valence-corrected chi connectivity index (χ2v) is 6.43. The van der Waals surface area contributed by atoms with Crippen molar-refractivity contribution < 1.29 is 14.5 Å². The first-order chi connectivity index (χ1) is 9.49. The van der Waals surface area contributed by atoms with Crippen LogP contribution in [0.1, 0.15) is 9.67 Å². The topological polar surface area (TPSA) is 94.7 Å². The lowest BCUT2D eigenvalue weighted by Crippen LogP contribution is -2.16. The van der Waals surface area contributed by atoms with Crippen LogP contribution in [0.5, 0.6) is 0 Å². The van der Waals surface area contributed by atoms with Crippen LogP contribution < -0.4 is 5.56 Å². The average Bonchev–Trinajstić information content (AvgIpc) is 2.82. The molecule has 6 nitrogen and oxygen atoms in total.